The molecule has 2 amide bonds. The van der Waals surface area contributed by atoms with Crippen molar-refractivity contribution in [1.29, 1.82) is 0 Å². The molecule has 0 aromatic rings. The summed E-state index contributed by atoms with van der Waals surface area (Å²) >= 11 is 0. The Morgan fingerprint density at radius 3 is 1.38 bits per heavy atom. The molecule has 4 unspecified atom stereocenters. The van der Waals surface area contributed by atoms with Gasteiger partial charge in [-0.05, 0) is 46.0 Å². The van der Waals surface area contributed by atoms with Crippen molar-refractivity contribution in [2.45, 2.75) is 34.1 Å². The quantitative estimate of drug-likeness (QED) is 0.781. The van der Waals surface area contributed by atoms with Gasteiger partial charge in [0.25, 0.3) is 0 Å². The van der Waals surface area contributed by atoms with Gasteiger partial charge in [-0.15, -0.1) is 0 Å². The molecule has 0 saturated heterocycles. The van der Waals surface area contributed by atoms with Crippen LogP contribution >= 0.6 is 0 Å². The van der Waals surface area contributed by atoms with E-state index < -0.39 is 0 Å². The summed E-state index contributed by atoms with van der Waals surface area (Å²) in [6.45, 7) is 8.13. The van der Waals surface area contributed by atoms with Gasteiger partial charge in [-0.25, -0.2) is 0 Å². The number of hydrogen-bond acceptors (Lipinski definition) is 2. The molecular weight excluding hydrogens is 264 g/mol. The van der Waals surface area contributed by atoms with Crippen LogP contribution in [0.5, 0.6) is 0 Å². The maximum absolute atomic E-state index is 12.3. The molecule has 2 N–H and O–H groups in total. The Morgan fingerprint density at radius 1 is 0.810 bits per heavy atom. The summed E-state index contributed by atoms with van der Waals surface area (Å²) in [4.78, 5) is 24.7. The fraction of sp³-hybridized carbons (Fsp3) is 0.647. The first-order chi connectivity index (χ1) is 9.81. The van der Waals surface area contributed by atoms with Gasteiger partial charge in [0.1, 0.15) is 0 Å². The summed E-state index contributed by atoms with van der Waals surface area (Å²) in [5, 5.41) is 5.45. The normalized spacial score (nSPS) is 27.7. The smallest absolute Gasteiger partial charge is 0.224 e. The maximum Gasteiger partial charge on any atom is 0.224 e. The predicted molar refractivity (Wildman–Crippen MR) is 85.6 cm³/mol. The molecule has 0 radical (unpaired) electrons. The second-order valence-electron chi connectivity index (χ2n) is 6.33. The van der Waals surface area contributed by atoms with E-state index in [2.05, 4.69) is 22.8 Å². The van der Waals surface area contributed by atoms with Crippen molar-refractivity contribution in [3.05, 3.63) is 23.3 Å². The van der Waals surface area contributed by atoms with E-state index in [1.165, 1.54) is 11.1 Å². The molecule has 1 fully saturated rings. The second kappa shape index (κ2) is 7.43. The molecule has 4 nitrogen and oxygen atoms in total. The first-order valence-electron chi connectivity index (χ1n) is 7.55. The van der Waals surface area contributed by atoms with Crippen LogP contribution in [0.15, 0.2) is 23.3 Å². The minimum Gasteiger partial charge on any atom is -0.359 e. The molecule has 1 aliphatic carbocycles. The summed E-state index contributed by atoms with van der Waals surface area (Å²) < 4.78 is 0. The van der Waals surface area contributed by atoms with Crippen LogP contribution < -0.4 is 10.6 Å². The zero-order chi connectivity index (χ0) is 16.2. The zero-order valence-corrected chi connectivity index (χ0v) is 14.0. The highest BCUT2D eigenvalue weighted by Crippen LogP contribution is 2.44. The van der Waals surface area contributed by atoms with Crippen LogP contribution in [0.1, 0.15) is 34.1 Å². The van der Waals surface area contributed by atoms with Crippen LogP contribution in [0, 0.1) is 23.7 Å². The number of amides is 2. The number of rotatable bonds is 4. The third-order valence-electron chi connectivity index (χ3n) is 4.05. The highest BCUT2D eigenvalue weighted by atomic mass is 16.2. The molecule has 0 aromatic heterocycles. The number of allylic oxidation sites excluding steroid dienone is 4. The van der Waals surface area contributed by atoms with E-state index in [1.807, 2.05) is 27.7 Å². The average molecular weight is 292 g/mol. The predicted octanol–water partition coefficient (Wildman–Crippen LogP) is 2.28. The summed E-state index contributed by atoms with van der Waals surface area (Å²) in [7, 11) is 3.27. The van der Waals surface area contributed by atoms with E-state index in [1.54, 1.807) is 14.1 Å². The van der Waals surface area contributed by atoms with E-state index in [0.717, 1.165) is 6.42 Å². The van der Waals surface area contributed by atoms with Gasteiger partial charge in [0, 0.05) is 14.1 Å². The standard InChI is InChI=1S/C17H28N2O2/c1-10(2)7-12-9-13(8-11(3)4)15(17(21)19-6)14(12)16(20)18-5/h7-8,12-15H,9H2,1-6H3,(H,18,20)(H,19,21). The minimum atomic E-state index is -0.301. The highest BCUT2D eigenvalue weighted by Gasteiger charge is 2.48. The van der Waals surface area contributed by atoms with Crippen LogP contribution in [-0.2, 0) is 9.59 Å². The third-order valence-corrected chi connectivity index (χ3v) is 4.05. The lowest BCUT2D eigenvalue weighted by Gasteiger charge is -2.22. The Labute approximate surface area is 128 Å². The molecule has 21 heavy (non-hydrogen) atoms. The van der Waals surface area contributed by atoms with Crippen LogP contribution in [0.3, 0.4) is 0 Å². The van der Waals surface area contributed by atoms with E-state index in [-0.39, 0.29) is 35.5 Å². The summed E-state index contributed by atoms with van der Waals surface area (Å²) in [6.07, 6.45) is 5.11. The Morgan fingerprint density at radius 2 is 1.14 bits per heavy atom. The van der Waals surface area contributed by atoms with Crippen molar-refractivity contribution >= 4 is 11.8 Å². The first kappa shape index (κ1) is 17.5. The molecule has 1 saturated carbocycles. The van der Waals surface area contributed by atoms with Crippen LogP contribution in [0.25, 0.3) is 0 Å². The Hall–Kier alpha value is -1.58. The van der Waals surface area contributed by atoms with Crippen LogP contribution in [0.4, 0.5) is 0 Å². The van der Waals surface area contributed by atoms with E-state index in [4.69, 9.17) is 0 Å². The van der Waals surface area contributed by atoms with Gasteiger partial charge < -0.3 is 10.6 Å². The molecular formula is C17H28N2O2. The SMILES string of the molecule is CNC(=O)C1C(C=C(C)C)CC(C=C(C)C)C1C(=O)NC. The van der Waals surface area contributed by atoms with Crippen LogP contribution in [0.2, 0.25) is 0 Å². The topological polar surface area (TPSA) is 58.2 Å². The lowest BCUT2D eigenvalue weighted by atomic mass is 9.84. The Kier molecular flexibility index (Phi) is 6.19. The number of hydrogen-bond donors (Lipinski definition) is 2. The molecule has 0 aromatic carbocycles. The minimum absolute atomic E-state index is 0.0456. The van der Waals surface area contributed by atoms with Gasteiger partial charge in [-0.1, -0.05) is 23.3 Å². The molecule has 0 aliphatic heterocycles. The Balaban J connectivity index is 3.25. The van der Waals surface area contributed by atoms with Crippen molar-refractivity contribution in [2.75, 3.05) is 14.1 Å². The average Bonchev–Trinajstić information content (AvgIpc) is 2.73. The summed E-state index contributed by atoms with van der Waals surface area (Å²) in [5.41, 5.74) is 2.37. The fourth-order valence-electron chi connectivity index (χ4n) is 3.39. The third kappa shape index (κ3) is 4.19. The molecule has 4 atom stereocenters. The van der Waals surface area contributed by atoms with Gasteiger partial charge in [0.2, 0.25) is 11.8 Å². The van der Waals surface area contributed by atoms with Crippen molar-refractivity contribution in [3.8, 4) is 0 Å². The fourth-order valence-corrected chi connectivity index (χ4v) is 3.39. The van der Waals surface area contributed by atoms with Crippen molar-refractivity contribution in [3.63, 3.8) is 0 Å². The molecule has 1 aliphatic rings. The monoisotopic (exact) mass is 292 g/mol. The van der Waals surface area contributed by atoms with E-state index >= 15 is 0 Å². The van der Waals surface area contributed by atoms with Gasteiger partial charge in [-0.2, -0.15) is 0 Å². The first-order valence-corrected chi connectivity index (χ1v) is 7.55. The molecule has 118 valence electrons. The number of nitrogens with one attached hydrogen (secondary N) is 2. The maximum atomic E-state index is 12.3. The molecule has 0 spiro atoms. The van der Waals surface area contributed by atoms with E-state index in [9.17, 15) is 9.59 Å². The lowest BCUT2D eigenvalue weighted by molar-refractivity contribution is -0.134. The zero-order valence-electron chi connectivity index (χ0n) is 14.0. The molecule has 1 rings (SSSR count). The molecule has 0 heterocycles. The van der Waals surface area contributed by atoms with Gasteiger partial charge >= 0.3 is 0 Å². The van der Waals surface area contributed by atoms with Gasteiger partial charge in [-0.3, -0.25) is 9.59 Å². The van der Waals surface area contributed by atoms with E-state index in [0.29, 0.717) is 0 Å². The second-order valence-corrected chi connectivity index (χ2v) is 6.33. The molecule has 4 heteroatoms. The van der Waals surface area contributed by atoms with Crippen LogP contribution in [-0.4, -0.2) is 25.9 Å². The number of carbonyl (C=O) groups is 2. The van der Waals surface area contributed by atoms with Gasteiger partial charge in [0.15, 0.2) is 0 Å². The summed E-state index contributed by atoms with van der Waals surface area (Å²) in [5.74, 6) is -0.474. The summed E-state index contributed by atoms with van der Waals surface area (Å²) in [6, 6.07) is 0. The number of carbonyl (C=O) groups excluding carboxylic acids is 2. The Bertz CT molecular complexity index is 415. The largest absolute Gasteiger partial charge is 0.359 e. The van der Waals surface area contributed by atoms with Gasteiger partial charge in [0.05, 0.1) is 11.8 Å². The highest BCUT2D eigenvalue weighted by molar-refractivity contribution is 5.89. The van der Waals surface area contributed by atoms with Crippen molar-refractivity contribution < 1.29 is 9.59 Å². The van der Waals surface area contributed by atoms with Crippen molar-refractivity contribution in [2.24, 2.45) is 23.7 Å². The molecule has 0 bridgehead atoms. The van der Waals surface area contributed by atoms with Crippen molar-refractivity contribution in [1.82, 2.24) is 10.6 Å². The lowest BCUT2D eigenvalue weighted by Crippen LogP contribution is -2.41.